The van der Waals surface area contributed by atoms with Gasteiger partial charge in [-0.3, -0.25) is 24.6 Å². The molecular weight excluding hydrogens is 550 g/mol. The summed E-state index contributed by atoms with van der Waals surface area (Å²) in [4.78, 5) is 45.2. The first kappa shape index (κ1) is 29.5. The third-order valence-electron chi connectivity index (χ3n) is 7.50. The number of nitro benzene ring substituents is 1. The lowest BCUT2D eigenvalue weighted by Crippen LogP contribution is -2.28. The number of carbonyl (C=O) groups excluding carboxylic acids is 2. The molecule has 0 spiro atoms. The summed E-state index contributed by atoms with van der Waals surface area (Å²) >= 11 is 0. The van der Waals surface area contributed by atoms with Crippen molar-refractivity contribution in [3.05, 3.63) is 99.1 Å². The molecule has 11 nitrogen and oxygen atoms in total. The van der Waals surface area contributed by atoms with E-state index >= 15 is 0 Å². The maximum absolute atomic E-state index is 12.6. The number of carbonyl (C=O) groups is 2. The molecule has 3 N–H and O–H groups in total. The van der Waals surface area contributed by atoms with Crippen molar-refractivity contribution in [2.24, 2.45) is 4.99 Å². The summed E-state index contributed by atoms with van der Waals surface area (Å²) in [6.07, 6.45) is 3.76. The highest BCUT2D eigenvalue weighted by Gasteiger charge is 2.21. The fourth-order valence-corrected chi connectivity index (χ4v) is 5.23. The minimum Gasteiger partial charge on any atom is -0.494 e. The van der Waals surface area contributed by atoms with E-state index in [1.807, 2.05) is 24.3 Å². The van der Waals surface area contributed by atoms with E-state index in [1.165, 1.54) is 44.1 Å². The Bertz CT molecular complexity index is 1650. The Kier molecular flexibility index (Phi) is 9.11. The molecule has 11 heteroatoms. The van der Waals surface area contributed by atoms with E-state index in [4.69, 9.17) is 4.99 Å². The van der Waals surface area contributed by atoms with Crippen LogP contribution in [-0.2, 0) is 16.1 Å². The number of methoxy groups -OCH3 is 1. The molecule has 1 saturated heterocycles. The first-order chi connectivity index (χ1) is 20.8. The SMILES string of the molecule is COC(=O)CCNC(=O)c1ccc(C(=Nc2ccc(CN3CCCCC3)cc2)c2c(O)[nH]c3ccc([N+](=O)[O-])cc23)cc1. The summed E-state index contributed by atoms with van der Waals surface area (Å²) in [5.74, 6) is -0.959. The van der Waals surface area contributed by atoms with E-state index in [-0.39, 0.29) is 30.4 Å². The van der Waals surface area contributed by atoms with Gasteiger partial charge in [-0.2, -0.15) is 0 Å². The van der Waals surface area contributed by atoms with Crippen molar-refractivity contribution in [1.82, 2.24) is 15.2 Å². The lowest BCUT2D eigenvalue weighted by atomic mass is 9.99. The first-order valence-electron chi connectivity index (χ1n) is 14.2. The van der Waals surface area contributed by atoms with Crippen molar-refractivity contribution < 1.29 is 24.4 Å². The van der Waals surface area contributed by atoms with Crippen LogP contribution >= 0.6 is 0 Å². The van der Waals surface area contributed by atoms with Crippen LogP contribution in [0.15, 0.2) is 71.7 Å². The van der Waals surface area contributed by atoms with E-state index in [0.717, 1.165) is 19.6 Å². The molecule has 0 radical (unpaired) electrons. The molecule has 0 atom stereocenters. The normalized spacial score (nSPS) is 14.0. The van der Waals surface area contributed by atoms with Gasteiger partial charge < -0.3 is 20.1 Å². The fourth-order valence-electron chi connectivity index (χ4n) is 5.23. The zero-order chi connectivity index (χ0) is 30.3. The van der Waals surface area contributed by atoms with Gasteiger partial charge in [-0.15, -0.1) is 0 Å². The zero-order valence-corrected chi connectivity index (χ0v) is 23.8. The minimum absolute atomic E-state index is 0.0555. The third kappa shape index (κ3) is 7.07. The van der Waals surface area contributed by atoms with Crippen LogP contribution in [0.1, 0.15) is 52.7 Å². The number of amides is 1. The highest BCUT2D eigenvalue weighted by Crippen LogP contribution is 2.34. The van der Waals surface area contributed by atoms with Gasteiger partial charge in [0.1, 0.15) is 0 Å². The number of piperidine rings is 1. The molecule has 3 aromatic carbocycles. The Morgan fingerprint density at radius 3 is 2.40 bits per heavy atom. The molecule has 0 bridgehead atoms. The number of non-ortho nitro benzene ring substituents is 1. The van der Waals surface area contributed by atoms with Crippen LogP contribution in [0.2, 0.25) is 0 Å². The number of aromatic nitrogens is 1. The van der Waals surface area contributed by atoms with Crippen LogP contribution in [0.25, 0.3) is 10.9 Å². The van der Waals surface area contributed by atoms with Crippen LogP contribution in [0.4, 0.5) is 11.4 Å². The van der Waals surface area contributed by atoms with Crippen molar-refractivity contribution in [3.63, 3.8) is 0 Å². The number of hydrogen-bond donors (Lipinski definition) is 3. The molecule has 1 amide bonds. The van der Waals surface area contributed by atoms with Crippen LogP contribution in [0, 0.1) is 10.1 Å². The van der Waals surface area contributed by atoms with Gasteiger partial charge in [0.2, 0.25) is 0 Å². The van der Waals surface area contributed by atoms with Crippen molar-refractivity contribution in [2.45, 2.75) is 32.2 Å². The van der Waals surface area contributed by atoms with E-state index in [0.29, 0.717) is 39.0 Å². The fraction of sp³-hybridized carbons (Fsp3) is 0.281. The summed E-state index contributed by atoms with van der Waals surface area (Å²) in [5.41, 5.74) is 3.87. The average molecular weight is 584 g/mol. The summed E-state index contributed by atoms with van der Waals surface area (Å²) < 4.78 is 4.60. The summed E-state index contributed by atoms with van der Waals surface area (Å²) in [6.45, 7) is 3.19. The van der Waals surface area contributed by atoms with Gasteiger partial charge >= 0.3 is 5.97 Å². The van der Waals surface area contributed by atoms with Crippen LogP contribution in [0.3, 0.4) is 0 Å². The monoisotopic (exact) mass is 583 g/mol. The number of nitrogens with one attached hydrogen (secondary N) is 2. The molecule has 0 saturated carbocycles. The molecule has 1 aliphatic heterocycles. The standard InChI is InChI=1S/C32H33N5O6/c1-43-28(38)15-16-33-31(39)23-9-7-22(8-10-23)30(29-26-19-25(37(41)42)13-14-27(26)35-32(29)40)34-24-11-5-21(6-12-24)20-36-17-3-2-4-18-36/h5-14,19,35,40H,2-4,15-18,20H2,1H3,(H,33,39). The molecule has 0 unspecified atom stereocenters. The molecule has 4 aromatic rings. The van der Waals surface area contributed by atoms with Gasteiger partial charge in [0, 0.05) is 47.3 Å². The molecule has 2 heterocycles. The van der Waals surface area contributed by atoms with Crippen molar-refractivity contribution >= 4 is 39.9 Å². The summed E-state index contributed by atoms with van der Waals surface area (Å²) in [5, 5.41) is 25.7. The molecule has 222 valence electrons. The smallest absolute Gasteiger partial charge is 0.307 e. The summed E-state index contributed by atoms with van der Waals surface area (Å²) in [7, 11) is 1.29. The van der Waals surface area contributed by atoms with Crippen molar-refractivity contribution in [2.75, 3.05) is 26.7 Å². The molecular formula is C32H33N5O6. The number of esters is 1. The van der Waals surface area contributed by atoms with Gasteiger partial charge in [-0.05, 0) is 61.8 Å². The lowest BCUT2D eigenvalue weighted by Gasteiger charge is -2.26. The third-order valence-corrected chi connectivity index (χ3v) is 7.50. The first-order valence-corrected chi connectivity index (χ1v) is 14.2. The average Bonchev–Trinajstić information content (AvgIpc) is 3.35. The second kappa shape index (κ2) is 13.3. The van der Waals surface area contributed by atoms with Crippen LogP contribution in [0.5, 0.6) is 5.88 Å². The molecule has 1 fully saturated rings. The number of aromatic hydroxyl groups is 1. The number of fused-ring (bicyclic) bond motifs is 1. The Labute approximate surface area is 248 Å². The predicted molar refractivity (Wildman–Crippen MR) is 163 cm³/mol. The van der Waals surface area contributed by atoms with E-state index in [2.05, 4.69) is 19.9 Å². The van der Waals surface area contributed by atoms with E-state index in [9.17, 15) is 24.8 Å². The lowest BCUT2D eigenvalue weighted by molar-refractivity contribution is -0.384. The quantitative estimate of drug-likeness (QED) is 0.100. The predicted octanol–water partition coefficient (Wildman–Crippen LogP) is 5.23. The number of likely N-dealkylation sites (tertiary alicyclic amines) is 1. The maximum Gasteiger partial charge on any atom is 0.307 e. The molecule has 43 heavy (non-hydrogen) atoms. The number of H-pyrrole nitrogens is 1. The van der Waals surface area contributed by atoms with E-state index in [1.54, 1.807) is 30.3 Å². The Balaban J connectivity index is 1.49. The number of hydrogen-bond acceptors (Lipinski definition) is 8. The maximum atomic E-state index is 12.6. The number of benzene rings is 3. The number of aromatic amines is 1. The van der Waals surface area contributed by atoms with E-state index < -0.39 is 10.9 Å². The molecule has 5 rings (SSSR count). The zero-order valence-electron chi connectivity index (χ0n) is 23.8. The highest BCUT2D eigenvalue weighted by molar-refractivity contribution is 6.22. The number of rotatable bonds is 10. The summed E-state index contributed by atoms with van der Waals surface area (Å²) in [6, 6.07) is 18.9. The topological polar surface area (TPSA) is 150 Å². The van der Waals surface area contributed by atoms with Crippen LogP contribution in [-0.4, -0.2) is 64.2 Å². The number of ether oxygens (including phenoxy) is 1. The second-order valence-electron chi connectivity index (χ2n) is 10.5. The van der Waals surface area contributed by atoms with Gasteiger partial charge in [-0.1, -0.05) is 30.7 Å². The Morgan fingerprint density at radius 1 is 1.02 bits per heavy atom. The van der Waals surface area contributed by atoms with Crippen molar-refractivity contribution in [1.29, 1.82) is 0 Å². The Hall–Kier alpha value is -5.03. The number of nitro groups is 1. The highest BCUT2D eigenvalue weighted by atomic mass is 16.6. The Morgan fingerprint density at radius 2 is 1.72 bits per heavy atom. The second-order valence-corrected chi connectivity index (χ2v) is 10.5. The molecule has 0 aliphatic carbocycles. The molecule has 1 aliphatic rings. The minimum atomic E-state index is -0.487. The number of aliphatic imine (C=N–C) groups is 1. The van der Waals surface area contributed by atoms with Gasteiger partial charge in [0.25, 0.3) is 11.6 Å². The van der Waals surface area contributed by atoms with Crippen molar-refractivity contribution in [3.8, 4) is 5.88 Å². The number of nitrogens with zero attached hydrogens (tertiary/aromatic N) is 3. The largest absolute Gasteiger partial charge is 0.494 e. The molecule has 1 aromatic heterocycles. The van der Waals surface area contributed by atoms with Gasteiger partial charge in [0.05, 0.1) is 35.4 Å². The van der Waals surface area contributed by atoms with Gasteiger partial charge in [0.15, 0.2) is 5.88 Å². The van der Waals surface area contributed by atoms with Crippen LogP contribution < -0.4 is 5.32 Å². The van der Waals surface area contributed by atoms with Gasteiger partial charge in [-0.25, -0.2) is 4.99 Å².